The van der Waals surface area contributed by atoms with Crippen LogP contribution in [0.15, 0.2) is 41.0 Å². The summed E-state index contributed by atoms with van der Waals surface area (Å²) in [6.07, 6.45) is 1.56. The molecule has 1 atom stereocenters. The van der Waals surface area contributed by atoms with Gasteiger partial charge >= 0.3 is 0 Å². The molecule has 0 fully saturated rings. The maximum absolute atomic E-state index is 8.40. The van der Waals surface area contributed by atoms with Gasteiger partial charge in [-0.1, -0.05) is 30.7 Å². The Morgan fingerprint density at radius 3 is 1.97 bits per heavy atom. The van der Waals surface area contributed by atoms with Crippen molar-refractivity contribution in [2.24, 2.45) is 5.92 Å². The van der Waals surface area contributed by atoms with E-state index in [1.54, 1.807) is 6.21 Å². The average molecular weight is 387 g/mol. The third-order valence-electron chi connectivity index (χ3n) is 7.11. The number of anilines is 1. The highest BCUT2D eigenvalue weighted by molar-refractivity contribution is 6.02. The summed E-state index contributed by atoms with van der Waals surface area (Å²) in [7, 11) is 4.17. The topological polar surface area (TPSA) is 27.1 Å². The lowest BCUT2D eigenvalue weighted by atomic mass is 9.83. The minimum atomic E-state index is 0.382. The SMILES string of the molecule is CC1=C(C)C(C)C(c2ccc(N(C)C)c(-c3ccc(C)c(C)c3C)c2C=N)=C1C. The molecule has 1 N–H and O–H groups in total. The normalized spacial score (nSPS) is 16.7. The van der Waals surface area contributed by atoms with Gasteiger partial charge in [0.05, 0.1) is 0 Å². The molecular weight excluding hydrogens is 352 g/mol. The van der Waals surface area contributed by atoms with Crippen molar-refractivity contribution in [3.63, 3.8) is 0 Å². The van der Waals surface area contributed by atoms with Gasteiger partial charge < -0.3 is 10.3 Å². The third kappa shape index (κ3) is 3.25. The molecule has 2 heteroatoms. The van der Waals surface area contributed by atoms with Gasteiger partial charge in [-0.25, -0.2) is 0 Å². The molecule has 29 heavy (non-hydrogen) atoms. The predicted molar refractivity (Wildman–Crippen MR) is 128 cm³/mol. The number of benzene rings is 2. The zero-order valence-electron chi connectivity index (χ0n) is 19.4. The monoisotopic (exact) mass is 386 g/mol. The maximum atomic E-state index is 8.40. The maximum Gasteiger partial charge on any atom is 0.0447 e. The van der Waals surface area contributed by atoms with Crippen LogP contribution in [-0.2, 0) is 0 Å². The standard InChI is InChI=1S/C27H34N2/c1-15-10-11-22(19(5)16(15)2)27-24(14-28)23(12-13-25(27)29(8)9)26-20(6)17(3)18(4)21(26)7/h10-14,20,28H,1-9H3. The van der Waals surface area contributed by atoms with E-state index in [2.05, 4.69) is 91.7 Å². The highest BCUT2D eigenvalue weighted by atomic mass is 15.1. The third-order valence-corrected chi connectivity index (χ3v) is 7.11. The fraction of sp³-hybridized carbons (Fsp3) is 0.370. The summed E-state index contributed by atoms with van der Waals surface area (Å²) < 4.78 is 0. The van der Waals surface area contributed by atoms with Gasteiger partial charge in [0.25, 0.3) is 0 Å². The van der Waals surface area contributed by atoms with E-state index in [0.717, 1.165) is 16.8 Å². The number of hydrogen-bond donors (Lipinski definition) is 1. The van der Waals surface area contributed by atoms with E-state index in [0.29, 0.717) is 5.92 Å². The molecule has 1 aliphatic carbocycles. The molecule has 2 aromatic rings. The van der Waals surface area contributed by atoms with E-state index in [9.17, 15) is 0 Å². The van der Waals surface area contributed by atoms with Gasteiger partial charge in [-0.3, -0.25) is 0 Å². The van der Waals surface area contributed by atoms with Crippen molar-refractivity contribution in [2.45, 2.75) is 48.5 Å². The van der Waals surface area contributed by atoms with Crippen molar-refractivity contribution in [3.8, 4) is 11.1 Å². The van der Waals surface area contributed by atoms with Crippen molar-refractivity contribution in [1.82, 2.24) is 0 Å². The van der Waals surface area contributed by atoms with Crippen molar-refractivity contribution in [3.05, 3.63) is 68.8 Å². The first-order chi connectivity index (χ1) is 13.6. The van der Waals surface area contributed by atoms with Crippen molar-refractivity contribution in [1.29, 1.82) is 5.41 Å². The second-order valence-electron chi connectivity index (χ2n) is 8.71. The van der Waals surface area contributed by atoms with Crippen molar-refractivity contribution >= 4 is 17.5 Å². The van der Waals surface area contributed by atoms with Gasteiger partial charge in [-0.2, -0.15) is 0 Å². The lowest BCUT2D eigenvalue weighted by Gasteiger charge is -2.25. The molecule has 0 amide bonds. The molecule has 0 saturated carbocycles. The first-order valence-corrected chi connectivity index (χ1v) is 10.4. The zero-order chi connectivity index (χ0) is 21.6. The van der Waals surface area contributed by atoms with Crippen LogP contribution in [0.5, 0.6) is 0 Å². The summed E-state index contributed by atoms with van der Waals surface area (Å²) in [4.78, 5) is 2.16. The Morgan fingerprint density at radius 1 is 0.828 bits per heavy atom. The molecule has 3 rings (SSSR count). The molecule has 152 valence electrons. The molecule has 0 aliphatic heterocycles. The summed E-state index contributed by atoms with van der Waals surface area (Å²) in [5.74, 6) is 0.382. The van der Waals surface area contributed by atoms with Crippen LogP contribution in [-0.4, -0.2) is 20.3 Å². The van der Waals surface area contributed by atoms with Crippen LogP contribution in [0.3, 0.4) is 0 Å². The number of hydrogen-bond acceptors (Lipinski definition) is 2. The smallest absolute Gasteiger partial charge is 0.0447 e. The number of allylic oxidation sites excluding steroid dienone is 4. The Bertz CT molecular complexity index is 1060. The van der Waals surface area contributed by atoms with Crippen LogP contribution in [0.25, 0.3) is 16.7 Å². The van der Waals surface area contributed by atoms with Gasteiger partial charge in [0.15, 0.2) is 0 Å². The molecule has 2 nitrogen and oxygen atoms in total. The minimum Gasteiger partial charge on any atom is -0.377 e. The lowest BCUT2D eigenvalue weighted by molar-refractivity contribution is 0.894. The van der Waals surface area contributed by atoms with Crippen LogP contribution in [0.2, 0.25) is 0 Å². The van der Waals surface area contributed by atoms with Crippen LogP contribution >= 0.6 is 0 Å². The fourth-order valence-corrected chi connectivity index (χ4v) is 4.67. The largest absolute Gasteiger partial charge is 0.377 e. The van der Waals surface area contributed by atoms with E-state index in [1.807, 2.05) is 0 Å². The first-order valence-electron chi connectivity index (χ1n) is 10.4. The molecule has 0 saturated heterocycles. The Balaban J connectivity index is 2.40. The zero-order valence-corrected chi connectivity index (χ0v) is 19.4. The van der Waals surface area contributed by atoms with Crippen LogP contribution in [0.4, 0.5) is 5.69 Å². The summed E-state index contributed by atoms with van der Waals surface area (Å²) >= 11 is 0. The quantitative estimate of drug-likeness (QED) is 0.557. The van der Waals surface area contributed by atoms with Gasteiger partial charge in [0.1, 0.15) is 0 Å². The summed E-state index contributed by atoms with van der Waals surface area (Å²) in [6, 6.07) is 8.87. The van der Waals surface area contributed by atoms with Gasteiger partial charge in [-0.15, -0.1) is 0 Å². The van der Waals surface area contributed by atoms with Crippen LogP contribution in [0, 0.1) is 32.1 Å². The first kappa shape index (κ1) is 21.1. The summed E-state index contributed by atoms with van der Waals surface area (Å²) in [5.41, 5.74) is 15.2. The van der Waals surface area contributed by atoms with Gasteiger partial charge in [0.2, 0.25) is 0 Å². The van der Waals surface area contributed by atoms with Crippen LogP contribution < -0.4 is 4.90 Å². The van der Waals surface area contributed by atoms with E-state index in [-0.39, 0.29) is 0 Å². The molecule has 1 aliphatic rings. The highest BCUT2D eigenvalue weighted by Crippen LogP contribution is 2.46. The van der Waals surface area contributed by atoms with Crippen LogP contribution in [0.1, 0.15) is 55.5 Å². The predicted octanol–water partition coefficient (Wildman–Crippen LogP) is 7.10. The minimum absolute atomic E-state index is 0.382. The Hall–Kier alpha value is -2.61. The molecule has 0 spiro atoms. The molecule has 0 aromatic heterocycles. The van der Waals surface area contributed by atoms with E-state index >= 15 is 0 Å². The van der Waals surface area contributed by atoms with E-state index < -0.39 is 0 Å². The Morgan fingerprint density at radius 2 is 1.45 bits per heavy atom. The van der Waals surface area contributed by atoms with E-state index in [1.165, 1.54) is 50.1 Å². The molecule has 2 aromatic carbocycles. The van der Waals surface area contributed by atoms with Gasteiger partial charge in [-0.05, 0) is 92.1 Å². The average Bonchev–Trinajstić information content (AvgIpc) is 2.88. The van der Waals surface area contributed by atoms with Gasteiger partial charge in [0, 0.05) is 43.0 Å². The number of aryl methyl sites for hydroxylation is 1. The second-order valence-corrected chi connectivity index (χ2v) is 8.71. The van der Waals surface area contributed by atoms with Crippen molar-refractivity contribution < 1.29 is 0 Å². The highest BCUT2D eigenvalue weighted by Gasteiger charge is 2.28. The molecule has 0 heterocycles. The lowest BCUT2D eigenvalue weighted by Crippen LogP contribution is -2.13. The summed E-state index contributed by atoms with van der Waals surface area (Å²) in [5, 5.41) is 8.40. The molecule has 0 bridgehead atoms. The Labute approximate surface area is 176 Å². The second kappa shape index (κ2) is 7.67. The number of rotatable bonds is 4. The molecule has 1 unspecified atom stereocenters. The Kier molecular flexibility index (Phi) is 5.58. The molecular formula is C27H34N2. The number of nitrogens with zero attached hydrogens (tertiary/aromatic N) is 1. The fourth-order valence-electron chi connectivity index (χ4n) is 4.67. The molecule has 0 radical (unpaired) electrons. The van der Waals surface area contributed by atoms with E-state index in [4.69, 9.17) is 5.41 Å². The summed E-state index contributed by atoms with van der Waals surface area (Å²) in [6.45, 7) is 15.5. The number of nitrogens with one attached hydrogen (secondary N) is 1. The van der Waals surface area contributed by atoms with Crippen molar-refractivity contribution in [2.75, 3.05) is 19.0 Å².